The van der Waals surface area contributed by atoms with Crippen molar-refractivity contribution in [2.24, 2.45) is 0 Å². The zero-order chi connectivity index (χ0) is 17.9. The number of aromatic nitrogens is 1. The second-order valence-corrected chi connectivity index (χ2v) is 7.91. The lowest BCUT2D eigenvalue weighted by molar-refractivity contribution is -0.134. The van der Waals surface area contributed by atoms with E-state index in [1.165, 1.54) is 12.3 Å². The van der Waals surface area contributed by atoms with E-state index >= 15 is 0 Å². The van der Waals surface area contributed by atoms with Gasteiger partial charge in [0.2, 0.25) is 0 Å². The molecule has 1 aromatic heterocycles. The lowest BCUT2D eigenvalue weighted by Crippen LogP contribution is -2.41. The monoisotopic (exact) mass is 362 g/mol. The van der Waals surface area contributed by atoms with Crippen LogP contribution in [-0.4, -0.2) is 31.5 Å². The number of pyridine rings is 1. The number of carbonyl (C=O) groups is 1. The van der Waals surface area contributed by atoms with Crippen molar-refractivity contribution in [1.29, 1.82) is 0 Å². The van der Waals surface area contributed by atoms with Crippen molar-refractivity contribution in [3.05, 3.63) is 36.7 Å². The van der Waals surface area contributed by atoms with Gasteiger partial charge in [-0.2, -0.15) is 0 Å². The van der Waals surface area contributed by atoms with Gasteiger partial charge in [0.1, 0.15) is 6.10 Å². The van der Waals surface area contributed by atoms with Crippen molar-refractivity contribution >= 4 is 26.7 Å². The lowest BCUT2D eigenvalue weighted by Gasteiger charge is -2.20. The van der Waals surface area contributed by atoms with Gasteiger partial charge >= 0.3 is 0 Å². The van der Waals surface area contributed by atoms with Crippen molar-refractivity contribution < 1.29 is 17.9 Å². The van der Waals surface area contributed by atoms with E-state index < -0.39 is 22.0 Å². The standard InChI is InChI=1S/C18H22N2O4S/c1-2-16(24-14-7-3-4-8-14)18(21)20-25(22,23)17-9-5-6-13-12-19-11-10-15(13)17/h5-6,9-12,14,16H,2-4,7-8H2,1H3,(H,20,21)/t16-/m1/s1. The summed E-state index contributed by atoms with van der Waals surface area (Å²) >= 11 is 0. The average Bonchev–Trinajstić information content (AvgIpc) is 3.11. The summed E-state index contributed by atoms with van der Waals surface area (Å²) < 4.78 is 33.4. The van der Waals surface area contributed by atoms with Gasteiger partial charge < -0.3 is 4.74 Å². The molecule has 1 saturated carbocycles. The first kappa shape index (κ1) is 17.8. The van der Waals surface area contributed by atoms with Gasteiger partial charge in [-0.25, -0.2) is 13.1 Å². The van der Waals surface area contributed by atoms with Crippen LogP contribution in [0.4, 0.5) is 0 Å². The Kier molecular flexibility index (Phi) is 5.34. The Bertz CT molecular complexity index is 855. The predicted octanol–water partition coefficient (Wildman–Crippen LogP) is 2.78. The quantitative estimate of drug-likeness (QED) is 0.854. The van der Waals surface area contributed by atoms with Crippen LogP contribution in [0.15, 0.2) is 41.6 Å². The Labute approximate surface area is 147 Å². The fourth-order valence-corrected chi connectivity index (χ4v) is 4.42. The number of hydrogen-bond acceptors (Lipinski definition) is 5. The number of ether oxygens (including phenoxy) is 1. The number of sulfonamides is 1. The van der Waals surface area contributed by atoms with Crippen molar-refractivity contribution in [2.75, 3.05) is 0 Å². The number of nitrogens with zero attached hydrogens (tertiary/aromatic N) is 1. The van der Waals surface area contributed by atoms with Gasteiger partial charge in [0.25, 0.3) is 15.9 Å². The molecule has 0 bridgehead atoms. The van der Waals surface area contributed by atoms with Crippen molar-refractivity contribution in [3.63, 3.8) is 0 Å². The lowest BCUT2D eigenvalue weighted by atomic mass is 10.2. The Morgan fingerprint density at radius 1 is 1.32 bits per heavy atom. The van der Waals surface area contributed by atoms with Crippen LogP contribution < -0.4 is 4.72 Å². The summed E-state index contributed by atoms with van der Waals surface area (Å²) in [6.07, 6.45) is 6.86. The van der Waals surface area contributed by atoms with Gasteiger partial charge in [-0.05, 0) is 31.4 Å². The van der Waals surface area contributed by atoms with E-state index in [-0.39, 0.29) is 11.0 Å². The summed E-state index contributed by atoms with van der Waals surface area (Å²) in [5.74, 6) is -0.611. The molecule has 0 spiro atoms. The normalized spacial score (nSPS) is 16.8. The van der Waals surface area contributed by atoms with Crippen LogP contribution >= 0.6 is 0 Å². The second-order valence-electron chi connectivity index (χ2n) is 6.26. The number of hydrogen-bond donors (Lipinski definition) is 1. The minimum Gasteiger partial charge on any atom is -0.365 e. The molecule has 1 fully saturated rings. The average molecular weight is 362 g/mol. The summed E-state index contributed by atoms with van der Waals surface area (Å²) in [5, 5.41) is 1.23. The van der Waals surface area contributed by atoms with E-state index in [9.17, 15) is 13.2 Å². The second kappa shape index (κ2) is 7.49. The Balaban J connectivity index is 1.80. The maximum atomic E-state index is 12.7. The number of amides is 1. The summed E-state index contributed by atoms with van der Waals surface area (Å²) in [7, 11) is -3.98. The number of carbonyl (C=O) groups excluding carboxylic acids is 1. The van der Waals surface area contributed by atoms with Gasteiger partial charge in [0.15, 0.2) is 0 Å². The summed E-state index contributed by atoms with van der Waals surface area (Å²) in [5.41, 5.74) is 0. The van der Waals surface area contributed by atoms with Crippen molar-refractivity contribution in [2.45, 2.75) is 56.1 Å². The van der Waals surface area contributed by atoms with E-state index in [4.69, 9.17) is 4.74 Å². The van der Waals surface area contributed by atoms with Gasteiger partial charge in [0, 0.05) is 23.2 Å². The molecule has 1 amide bonds. The number of fused-ring (bicyclic) bond motifs is 1. The molecule has 1 aliphatic rings. The van der Waals surface area contributed by atoms with Crippen LogP contribution in [0.1, 0.15) is 39.0 Å². The highest BCUT2D eigenvalue weighted by Gasteiger charge is 2.28. The number of rotatable bonds is 6. The first-order chi connectivity index (χ1) is 12.0. The van der Waals surface area contributed by atoms with Gasteiger partial charge in [-0.1, -0.05) is 31.9 Å². The molecule has 2 aromatic rings. The maximum absolute atomic E-state index is 12.7. The maximum Gasteiger partial charge on any atom is 0.264 e. The van der Waals surface area contributed by atoms with Crippen LogP contribution in [0.2, 0.25) is 0 Å². The zero-order valence-electron chi connectivity index (χ0n) is 14.1. The van der Waals surface area contributed by atoms with Gasteiger partial charge in [-0.3, -0.25) is 9.78 Å². The highest BCUT2D eigenvalue weighted by Crippen LogP contribution is 2.24. The molecular weight excluding hydrogens is 340 g/mol. The SMILES string of the molecule is CC[C@@H](OC1CCCC1)C(=O)NS(=O)(=O)c1cccc2cnccc12. The van der Waals surface area contributed by atoms with E-state index in [0.29, 0.717) is 17.2 Å². The first-order valence-electron chi connectivity index (χ1n) is 8.56. The molecule has 6 nitrogen and oxygen atoms in total. The Morgan fingerprint density at radius 2 is 2.08 bits per heavy atom. The highest BCUT2D eigenvalue weighted by molar-refractivity contribution is 7.90. The largest absolute Gasteiger partial charge is 0.365 e. The molecule has 0 aliphatic heterocycles. The minimum atomic E-state index is -3.98. The molecule has 1 atom stereocenters. The van der Waals surface area contributed by atoms with E-state index in [1.807, 2.05) is 6.92 Å². The fraction of sp³-hybridized carbons (Fsp3) is 0.444. The molecule has 0 saturated heterocycles. The van der Waals surface area contributed by atoms with E-state index in [1.54, 1.807) is 24.4 Å². The third-order valence-electron chi connectivity index (χ3n) is 4.49. The van der Waals surface area contributed by atoms with Crippen LogP contribution in [0.25, 0.3) is 10.8 Å². The smallest absolute Gasteiger partial charge is 0.264 e. The van der Waals surface area contributed by atoms with E-state index in [2.05, 4.69) is 9.71 Å². The molecular formula is C18H22N2O4S. The molecule has 0 unspecified atom stereocenters. The summed E-state index contributed by atoms with van der Waals surface area (Å²) in [6.45, 7) is 1.81. The summed E-state index contributed by atoms with van der Waals surface area (Å²) in [6, 6.07) is 6.52. The van der Waals surface area contributed by atoms with Gasteiger partial charge in [0.05, 0.1) is 11.0 Å². The first-order valence-corrected chi connectivity index (χ1v) is 10.0. The predicted molar refractivity (Wildman–Crippen MR) is 94.5 cm³/mol. The molecule has 25 heavy (non-hydrogen) atoms. The zero-order valence-corrected chi connectivity index (χ0v) is 15.0. The van der Waals surface area contributed by atoms with Crippen LogP contribution in [0.5, 0.6) is 0 Å². The third-order valence-corrected chi connectivity index (χ3v) is 5.89. The molecule has 134 valence electrons. The van der Waals surface area contributed by atoms with E-state index in [0.717, 1.165) is 25.7 Å². The molecule has 1 heterocycles. The van der Waals surface area contributed by atoms with Crippen LogP contribution in [-0.2, 0) is 19.6 Å². The summed E-state index contributed by atoms with van der Waals surface area (Å²) in [4.78, 5) is 16.5. The van der Waals surface area contributed by atoms with Crippen LogP contribution in [0.3, 0.4) is 0 Å². The molecule has 7 heteroatoms. The van der Waals surface area contributed by atoms with Gasteiger partial charge in [-0.15, -0.1) is 0 Å². The van der Waals surface area contributed by atoms with Crippen molar-refractivity contribution in [3.8, 4) is 0 Å². The minimum absolute atomic E-state index is 0.0435. The molecule has 1 aromatic carbocycles. The highest BCUT2D eigenvalue weighted by atomic mass is 32.2. The topological polar surface area (TPSA) is 85.4 Å². The Hall–Kier alpha value is -1.99. The third kappa shape index (κ3) is 3.99. The molecule has 1 N–H and O–H groups in total. The number of benzene rings is 1. The molecule has 1 aliphatic carbocycles. The number of nitrogens with one attached hydrogen (secondary N) is 1. The van der Waals surface area contributed by atoms with Crippen molar-refractivity contribution in [1.82, 2.24) is 9.71 Å². The molecule has 3 rings (SSSR count). The fourth-order valence-electron chi connectivity index (χ4n) is 3.18. The molecule has 0 radical (unpaired) electrons. The Morgan fingerprint density at radius 3 is 2.80 bits per heavy atom. The van der Waals surface area contributed by atoms with Crippen LogP contribution in [0, 0.1) is 0 Å².